The molecule has 7 heteroatoms. The summed E-state index contributed by atoms with van der Waals surface area (Å²) in [5.41, 5.74) is 1.45. The maximum atomic E-state index is 12.2. The van der Waals surface area contributed by atoms with Crippen molar-refractivity contribution in [3.63, 3.8) is 0 Å². The third-order valence-corrected chi connectivity index (χ3v) is 2.72. The van der Waals surface area contributed by atoms with Gasteiger partial charge in [0.15, 0.2) is 0 Å². The molecule has 2 aromatic rings. The Hall–Kier alpha value is -2.28. The van der Waals surface area contributed by atoms with Crippen LogP contribution in [0.2, 0.25) is 0 Å². The van der Waals surface area contributed by atoms with E-state index in [4.69, 9.17) is 4.74 Å². The fourth-order valence-electron chi connectivity index (χ4n) is 1.84. The first-order valence-electron chi connectivity index (χ1n) is 5.93. The summed E-state index contributed by atoms with van der Waals surface area (Å²) in [6.07, 6.45) is -3.33. The van der Waals surface area contributed by atoms with E-state index in [0.29, 0.717) is 22.6 Å². The van der Waals surface area contributed by atoms with E-state index < -0.39 is 6.36 Å². The molecule has 0 atom stereocenters. The van der Waals surface area contributed by atoms with Crippen molar-refractivity contribution in [1.29, 1.82) is 0 Å². The summed E-state index contributed by atoms with van der Waals surface area (Å²) in [6.45, 7) is -0.293. The summed E-state index contributed by atoms with van der Waals surface area (Å²) in [5, 5.41) is 9.36. The molecule has 0 aliphatic carbocycles. The van der Waals surface area contributed by atoms with Crippen molar-refractivity contribution in [3.8, 4) is 22.8 Å². The van der Waals surface area contributed by atoms with Gasteiger partial charge in [-0.25, -0.2) is 4.98 Å². The SMILES string of the molecule is COc1cc(CO)c(-c2cccc(OC(F)(F)F)c2)cn1. The van der Waals surface area contributed by atoms with E-state index in [-0.39, 0.29) is 12.4 Å². The molecule has 2 rings (SSSR count). The molecule has 21 heavy (non-hydrogen) atoms. The van der Waals surface area contributed by atoms with Crippen molar-refractivity contribution < 1.29 is 27.8 Å². The number of hydrogen-bond acceptors (Lipinski definition) is 4. The lowest BCUT2D eigenvalue weighted by Gasteiger charge is -2.12. The van der Waals surface area contributed by atoms with Gasteiger partial charge in [0.25, 0.3) is 0 Å². The topological polar surface area (TPSA) is 51.6 Å². The Balaban J connectivity index is 2.40. The maximum absolute atomic E-state index is 12.2. The standard InChI is InChI=1S/C14H12F3NO3/c1-20-13-6-10(8-19)12(7-18-13)9-3-2-4-11(5-9)21-14(15,16)17/h2-7,19H,8H2,1H3. The van der Waals surface area contributed by atoms with Crippen LogP contribution >= 0.6 is 0 Å². The summed E-state index contributed by atoms with van der Waals surface area (Å²) in [5.74, 6) is -0.0230. The molecule has 1 N–H and O–H groups in total. The average molecular weight is 299 g/mol. The van der Waals surface area contributed by atoms with E-state index in [9.17, 15) is 18.3 Å². The monoisotopic (exact) mass is 299 g/mol. The minimum absolute atomic E-state index is 0.293. The molecule has 0 saturated carbocycles. The number of rotatable bonds is 4. The van der Waals surface area contributed by atoms with E-state index >= 15 is 0 Å². The van der Waals surface area contributed by atoms with Gasteiger partial charge in [-0.1, -0.05) is 12.1 Å². The van der Waals surface area contributed by atoms with Crippen LogP contribution in [-0.2, 0) is 6.61 Å². The number of alkyl halides is 3. The molecule has 0 aliphatic rings. The molecule has 112 valence electrons. The zero-order valence-electron chi connectivity index (χ0n) is 11.0. The first-order chi connectivity index (χ1) is 9.93. The lowest BCUT2D eigenvalue weighted by atomic mass is 10.0. The fourth-order valence-corrected chi connectivity index (χ4v) is 1.84. The predicted octanol–water partition coefficient (Wildman–Crippen LogP) is 3.15. The first-order valence-corrected chi connectivity index (χ1v) is 5.93. The lowest BCUT2D eigenvalue weighted by molar-refractivity contribution is -0.274. The van der Waals surface area contributed by atoms with Crippen molar-refractivity contribution in [1.82, 2.24) is 4.98 Å². The lowest BCUT2D eigenvalue weighted by Crippen LogP contribution is -2.17. The van der Waals surface area contributed by atoms with E-state index in [1.165, 1.54) is 37.6 Å². The van der Waals surface area contributed by atoms with Gasteiger partial charge in [-0.2, -0.15) is 0 Å². The van der Waals surface area contributed by atoms with E-state index in [1.54, 1.807) is 6.07 Å². The number of aliphatic hydroxyl groups excluding tert-OH is 1. The molecule has 1 aromatic carbocycles. The second kappa shape index (κ2) is 6.01. The van der Waals surface area contributed by atoms with Crippen LogP contribution < -0.4 is 9.47 Å². The van der Waals surface area contributed by atoms with Gasteiger partial charge in [-0.15, -0.1) is 13.2 Å². The summed E-state index contributed by atoms with van der Waals surface area (Å²) < 4.78 is 45.5. The van der Waals surface area contributed by atoms with Crippen LogP contribution in [0.5, 0.6) is 11.6 Å². The third kappa shape index (κ3) is 3.85. The number of hydrogen-bond donors (Lipinski definition) is 1. The number of aromatic nitrogens is 1. The van der Waals surface area contributed by atoms with Crippen LogP contribution in [0.15, 0.2) is 36.5 Å². The second-order valence-electron chi connectivity index (χ2n) is 4.12. The van der Waals surface area contributed by atoms with Gasteiger partial charge in [0.2, 0.25) is 5.88 Å². The molecule has 1 heterocycles. The largest absolute Gasteiger partial charge is 0.573 e. The van der Waals surface area contributed by atoms with Crippen LogP contribution in [0.4, 0.5) is 13.2 Å². The molecule has 0 radical (unpaired) electrons. The minimum Gasteiger partial charge on any atom is -0.481 e. The second-order valence-corrected chi connectivity index (χ2v) is 4.12. The van der Waals surface area contributed by atoms with E-state index in [0.717, 1.165) is 0 Å². The first kappa shape index (κ1) is 15.1. The fraction of sp³-hybridized carbons (Fsp3) is 0.214. The number of nitrogens with zero attached hydrogens (tertiary/aromatic N) is 1. The highest BCUT2D eigenvalue weighted by molar-refractivity contribution is 5.68. The molecule has 0 bridgehead atoms. The number of methoxy groups -OCH3 is 1. The number of halogens is 3. The molecule has 0 amide bonds. The van der Waals surface area contributed by atoms with Gasteiger partial charge in [0.05, 0.1) is 13.7 Å². The zero-order valence-corrected chi connectivity index (χ0v) is 11.0. The Morgan fingerprint density at radius 3 is 2.62 bits per heavy atom. The van der Waals surface area contributed by atoms with Crippen LogP contribution in [0.3, 0.4) is 0 Å². The quantitative estimate of drug-likeness (QED) is 0.942. The van der Waals surface area contributed by atoms with Gasteiger partial charge in [-0.3, -0.25) is 0 Å². The maximum Gasteiger partial charge on any atom is 0.573 e. The molecule has 4 nitrogen and oxygen atoms in total. The Morgan fingerprint density at radius 1 is 1.24 bits per heavy atom. The van der Waals surface area contributed by atoms with Gasteiger partial charge < -0.3 is 14.6 Å². The van der Waals surface area contributed by atoms with Crippen LogP contribution in [-0.4, -0.2) is 23.6 Å². The molecule has 0 aliphatic heterocycles. The highest BCUT2D eigenvalue weighted by atomic mass is 19.4. The predicted molar refractivity (Wildman–Crippen MR) is 68.8 cm³/mol. The van der Waals surface area contributed by atoms with Crippen molar-refractivity contribution in [2.45, 2.75) is 13.0 Å². The third-order valence-electron chi connectivity index (χ3n) is 2.72. The van der Waals surface area contributed by atoms with Crippen molar-refractivity contribution in [2.24, 2.45) is 0 Å². The molecule has 0 unspecified atom stereocenters. The van der Waals surface area contributed by atoms with Gasteiger partial charge in [0, 0.05) is 17.8 Å². The average Bonchev–Trinajstić information content (AvgIpc) is 2.45. The molecule has 0 fully saturated rings. The van der Waals surface area contributed by atoms with E-state index in [1.807, 2.05) is 0 Å². The van der Waals surface area contributed by atoms with Crippen LogP contribution in [0.1, 0.15) is 5.56 Å². The molecular weight excluding hydrogens is 287 g/mol. The zero-order chi connectivity index (χ0) is 15.5. The van der Waals surface area contributed by atoms with E-state index in [2.05, 4.69) is 9.72 Å². The smallest absolute Gasteiger partial charge is 0.481 e. The summed E-state index contributed by atoms with van der Waals surface area (Å²) >= 11 is 0. The molecule has 0 spiro atoms. The van der Waals surface area contributed by atoms with Crippen LogP contribution in [0.25, 0.3) is 11.1 Å². The Kier molecular flexibility index (Phi) is 4.32. The van der Waals surface area contributed by atoms with Gasteiger partial charge >= 0.3 is 6.36 Å². The van der Waals surface area contributed by atoms with Crippen molar-refractivity contribution in [3.05, 3.63) is 42.1 Å². The molecular formula is C14H12F3NO3. The molecule has 1 aromatic heterocycles. The minimum atomic E-state index is -4.75. The number of benzene rings is 1. The number of ether oxygens (including phenoxy) is 2. The van der Waals surface area contributed by atoms with Crippen molar-refractivity contribution >= 4 is 0 Å². The Morgan fingerprint density at radius 2 is 2.00 bits per heavy atom. The highest BCUT2D eigenvalue weighted by Crippen LogP contribution is 2.30. The summed E-state index contributed by atoms with van der Waals surface area (Å²) in [7, 11) is 1.43. The normalized spacial score (nSPS) is 11.3. The van der Waals surface area contributed by atoms with Crippen molar-refractivity contribution in [2.75, 3.05) is 7.11 Å². The number of pyridine rings is 1. The Bertz CT molecular complexity index is 629. The van der Waals surface area contributed by atoms with Crippen LogP contribution in [0, 0.1) is 0 Å². The van der Waals surface area contributed by atoms with Gasteiger partial charge in [-0.05, 0) is 23.3 Å². The number of aliphatic hydroxyl groups is 1. The highest BCUT2D eigenvalue weighted by Gasteiger charge is 2.31. The Labute approximate surface area is 118 Å². The summed E-state index contributed by atoms with van der Waals surface area (Å²) in [6, 6.07) is 6.99. The summed E-state index contributed by atoms with van der Waals surface area (Å²) in [4.78, 5) is 3.99. The molecule has 0 saturated heterocycles. The van der Waals surface area contributed by atoms with Gasteiger partial charge in [0.1, 0.15) is 5.75 Å².